The molecule has 168 valence electrons. The first-order valence-corrected chi connectivity index (χ1v) is 11.4. The van der Waals surface area contributed by atoms with E-state index in [2.05, 4.69) is 20.7 Å². The van der Waals surface area contributed by atoms with E-state index in [4.69, 9.17) is 19.9 Å². The molecule has 0 unspecified atom stereocenters. The Labute approximate surface area is 192 Å². The monoisotopic (exact) mass is 442 g/mol. The Hall–Kier alpha value is -3.42. The van der Waals surface area contributed by atoms with Gasteiger partial charge >= 0.3 is 0 Å². The summed E-state index contributed by atoms with van der Waals surface area (Å²) in [4.78, 5) is 8.89. The molecule has 2 fully saturated rings. The van der Waals surface area contributed by atoms with Gasteiger partial charge in [0, 0.05) is 24.7 Å². The number of anilines is 1. The van der Waals surface area contributed by atoms with Crippen molar-refractivity contribution < 1.29 is 14.2 Å². The number of hydrogen-bond donors (Lipinski definition) is 1. The molecule has 1 saturated heterocycles. The molecule has 2 aliphatic rings. The predicted octanol–water partition coefficient (Wildman–Crippen LogP) is 5.20. The van der Waals surface area contributed by atoms with Crippen molar-refractivity contribution in [3.8, 4) is 17.2 Å². The van der Waals surface area contributed by atoms with Gasteiger partial charge in [-0.2, -0.15) is 0 Å². The second-order valence-corrected chi connectivity index (χ2v) is 8.70. The van der Waals surface area contributed by atoms with Crippen LogP contribution in [0.2, 0.25) is 0 Å². The van der Waals surface area contributed by atoms with Crippen molar-refractivity contribution in [2.24, 2.45) is 0 Å². The van der Waals surface area contributed by atoms with Gasteiger partial charge in [-0.3, -0.25) is 0 Å². The second kappa shape index (κ2) is 8.17. The van der Waals surface area contributed by atoms with Crippen molar-refractivity contribution in [2.75, 3.05) is 18.9 Å². The molecule has 33 heavy (non-hydrogen) atoms. The minimum atomic E-state index is -0.378. The van der Waals surface area contributed by atoms with Gasteiger partial charge in [-0.1, -0.05) is 18.2 Å². The van der Waals surface area contributed by atoms with Gasteiger partial charge in [-0.25, -0.2) is 9.97 Å². The van der Waals surface area contributed by atoms with Crippen molar-refractivity contribution in [3.63, 3.8) is 0 Å². The average Bonchev–Trinajstić information content (AvgIpc) is 3.47. The number of hydrogen-bond acceptors (Lipinski definition) is 6. The fourth-order valence-corrected chi connectivity index (χ4v) is 5.06. The van der Waals surface area contributed by atoms with Gasteiger partial charge in [0.2, 0.25) is 0 Å². The minimum absolute atomic E-state index is 0.377. The SMILES string of the molecule is Nc1ncnc2c(C3CCC4(CC3)OCCO4)cn(-c3ccc(Oc4ccccc4)cc3)c12. The van der Waals surface area contributed by atoms with E-state index in [0.717, 1.165) is 53.9 Å². The molecule has 2 aromatic carbocycles. The lowest BCUT2D eigenvalue weighted by atomic mass is 9.81. The summed E-state index contributed by atoms with van der Waals surface area (Å²) in [5.41, 5.74) is 10.3. The van der Waals surface area contributed by atoms with E-state index in [1.54, 1.807) is 6.33 Å². The van der Waals surface area contributed by atoms with Gasteiger partial charge in [0.15, 0.2) is 11.6 Å². The zero-order valence-corrected chi connectivity index (χ0v) is 18.3. The van der Waals surface area contributed by atoms with Crippen LogP contribution in [0.15, 0.2) is 67.1 Å². The molecule has 0 amide bonds. The molecule has 6 rings (SSSR count). The second-order valence-electron chi connectivity index (χ2n) is 8.70. The molecule has 7 heteroatoms. The molecule has 2 aromatic heterocycles. The van der Waals surface area contributed by atoms with Gasteiger partial charge in [0.25, 0.3) is 0 Å². The lowest BCUT2D eigenvalue weighted by Crippen LogP contribution is -2.34. The van der Waals surface area contributed by atoms with Crippen molar-refractivity contribution >= 4 is 16.9 Å². The Kier molecular flexibility index (Phi) is 5.00. The Bertz CT molecular complexity index is 1250. The summed E-state index contributed by atoms with van der Waals surface area (Å²) in [6.07, 6.45) is 7.50. The molecule has 0 radical (unpaired) electrons. The lowest BCUT2D eigenvalue weighted by Gasteiger charge is -2.35. The van der Waals surface area contributed by atoms with Crippen molar-refractivity contribution in [2.45, 2.75) is 37.4 Å². The zero-order chi connectivity index (χ0) is 22.3. The highest BCUT2D eigenvalue weighted by atomic mass is 16.7. The molecule has 7 nitrogen and oxygen atoms in total. The van der Waals surface area contributed by atoms with E-state index in [1.807, 2.05) is 54.6 Å². The van der Waals surface area contributed by atoms with Gasteiger partial charge in [0.1, 0.15) is 23.3 Å². The third-order valence-electron chi connectivity index (χ3n) is 6.73. The van der Waals surface area contributed by atoms with E-state index in [0.29, 0.717) is 24.9 Å². The summed E-state index contributed by atoms with van der Waals surface area (Å²) < 4.78 is 19.9. The lowest BCUT2D eigenvalue weighted by molar-refractivity contribution is -0.178. The topological polar surface area (TPSA) is 84.4 Å². The number of benzene rings is 2. The highest BCUT2D eigenvalue weighted by molar-refractivity contribution is 5.90. The van der Waals surface area contributed by atoms with Crippen LogP contribution in [0.4, 0.5) is 5.82 Å². The van der Waals surface area contributed by atoms with Crippen LogP contribution in [-0.2, 0) is 9.47 Å². The molecule has 1 aliphatic heterocycles. The molecule has 1 spiro atoms. The number of nitrogens with zero attached hydrogens (tertiary/aromatic N) is 3. The molecular formula is C26H26N4O3. The van der Waals surface area contributed by atoms with Crippen LogP contribution in [0.25, 0.3) is 16.7 Å². The molecular weight excluding hydrogens is 416 g/mol. The van der Waals surface area contributed by atoms with Gasteiger partial charge in [-0.15, -0.1) is 0 Å². The summed E-state index contributed by atoms with van der Waals surface area (Å²) in [5, 5.41) is 0. The third-order valence-corrected chi connectivity index (χ3v) is 6.73. The van der Waals surface area contributed by atoms with Gasteiger partial charge < -0.3 is 24.5 Å². The zero-order valence-electron chi connectivity index (χ0n) is 18.3. The number of nitrogen functional groups attached to an aromatic ring is 1. The minimum Gasteiger partial charge on any atom is -0.457 e. The smallest absolute Gasteiger partial charge is 0.168 e. The summed E-state index contributed by atoms with van der Waals surface area (Å²) >= 11 is 0. The maximum atomic E-state index is 6.33. The molecule has 1 saturated carbocycles. The van der Waals surface area contributed by atoms with Crippen LogP contribution in [-0.4, -0.2) is 33.5 Å². The van der Waals surface area contributed by atoms with Crippen LogP contribution in [0.1, 0.15) is 37.2 Å². The largest absolute Gasteiger partial charge is 0.457 e. The van der Waals surface area contributed by atoms with E-state index in [-0.39, 0.29) is 5.79 Å². The number of rotatable bonds is 4. The fraction of sp³-hybridized carbons (Fsp3) is 0.308. The average molecular weight is 443 g/mol. The Balaban J connectivity index is 1.32. The molecule has 2 N–H and O–H groups in total. The van der Waals surface area contributed by atoms with E-state index >= 15 is 0 Å². The van der Waals surface area contributed by atoms with Gasteiger partial charge in [0.05, 0.1) is 18.7 Å². The first-order chi connectivity index (χ1) is 16.2. The van der Waals surface area contributed by atoms with Gasteiger partial charge in [-0.05, 0) is 60.7 Å². The summed E-state index contributed by atoms with van der Waals surface area (Å²) in [6.45, 7) is 1.38. The Morgan fingerprint density at radius 3 is 2.33 bits per heavy atom. The number of ether oxygens (including phenoxy) is 3. The van der Waals surface area contributed by atoms with Crippen LogP contribution in [0.5, 0.6) is 11.5 Å². The van der Waals surface area contributed by atoms with Crippen molar-refractivity contribution in [1.82, 2.24) is 14.5 Å². The number of nitrogens with two attached hydrogens (primary N) is 1. The standard InChI is InChI=1S/C26H26N4O3/c27-25-24-23(28-17-29-25)22(18-10-12-26(13-11-18)31-14-15-32-26)16-30(24)19-6-8-21(9-7-19)33-20-4-2-1-3-5-20/h1-9,16-18H,10-15H2,(H2,27,28,29). The fourth-order valence-electron chi connectivity index (χ4n) is 5.06. The molecule has 1 aliphatic carbocycles. The first-order valence-electron chi connectivity index (χ1n) is 11.4. The maximum Gasteiger partial charge on any atom is 0.168 e. The number of fused-ring (bicyclic) bond motifs is 1. The predicted molar refractivity (Wildman–Crippen MR) is 126 cm³/mol. The molecule has 4 aromatic rings. The van der Waals surface area contributed by atoms with Crippen molar-refractivity contribution in [1.29, 1.82) is 0 Å². The van der Waals surface area contributed by atoms with Crippen LogP contribution >= 0.6 is 0 Å². The van der Waals surface area contributed by atoms with E-state index in [9.17, 15) is 0 Å². The quantitative estimate of drug-likeness (QED) is 0.468. The molecule has 0 atom stereocenters. The molecule has 3 heterocycles. The van der Waals surface area contributed by atoms with Crippen LogP contribution in [0, 0.1) is 0 Å². The summed E-state index contributed by atoms with van der Waals surface area (Å²) in [7, 11) is 0. The highest BCUT2D eigenvalue weighted by Gasteiger charge is 2.41. The van der Waals surface area contributed by atoms with E-state index in [1.165, 1.54) is 5.56 Å². The molecule has 0 bridgehead atoms. The van der Waals surface area contributed by atoms with Crippen LogP contribution < -0.4 is 10.5 Å². The maximum absolute atomic E-state index is 6.33. The summed E-state index contributed by atoms with van der Waals surface area (Å²) in [6, 6.07) is 17.8. The van der Waals surface area contributed by atoms with E-state index < -0.39 is 0 Å². The number of para-hydroxylation sites is 1. The first kappa shape index (κ1) is 20.2. The van der Waals surface area contributed by atoms with Crippen LogP contribution in [0.3, 0.4) is 0 Å². The third kappa shape index (κ3) is 3.73. The number of aromatic nitrogens is 3. The Morgan fingerprint density at radius 1 is 0.909 bits per heavy atom. The Morgan fingerprint density at radius 2 is 1.61 bits per heavy atom. The summed E-state index contributed by atoms with van der Waals surface area (Å²) in [5.74, 6) is 2.06. The highest BCUT2D eigenvalue weighted by Crippen LogP contribution is 2.44. The normalized spacial score (nSPS) is 18.2. The van der Waals surface area contributed by atoms with Crippen molar-refractivity contribution in [3.05, 3.63) is 72.7 Å².